The van der Waals surface area contributed by atoms with Crippen molar-refractivity contribution in [3.05, 3.63) is 204 Å². The number of fused-ring (bicyclic) bond motifs is 1. The predicted molar refractivity (Wildman–Crippen MR) is 275 cm³/mol. The molecule has 6 aromatic carbocycles. The van der Waals surface area contributed by atoms with Crippen molar-refractivity contribution in [2.24, 2.45) is 0 Å². The zero-order chi connectivity index (χ0) is 46.4. The molecule has 1 saturated carbocycles. The van der Waals surface area contributed by atoms with Gasteiger partial charge in [0.15, 0.2) is 0 Å². The Bertz CT molecular complexity index is 2320. The molecule has 2 unspecified atom stereocenters. The smallest absolute Gasteiger partial charge is 0.0866 e. The molecule has 2 N–H and O–H groups in total. The largest absolute Gasteiger partial charge is 0.199 e. The summed E-state index contributed by atoms with van der Waals surface area (Å²) in [7, 11) is 0.561. The van der Waals surface area contributed by atoms with Crippen LogP contribution in [0.2, 0.25) is 0 Å². The van der Waals surface area contributed by atoms with Gasteiger partial charge in [0.25, 0.3) is 0 Å². The van der Waals surface area contributed by atoms with E-state index < -0.39 is 19.2 Å². The topological polar surface area (TPSA) is 58.9 Å². The Morgan fingerprint density at radius 3 is 1.15 bits per heavy atom. The Morgan fingerprint density at radius 2 is 0.846 bits per heavy atom. The number of phenols is 2. The molecule has 6 aromatic rings. The van der Waals surface area contributed by atoms with Crippen LogP contribution < -0.4 is 9.47 Å². The van der Waals surface area contributed by atoms with Crippen LogP contribution in [-0.2, 0) is 54.7 Å². The van der Waals surface area contributed by atoms with Crippen LogP contribution in [0.4, 0.5) is 0 Å². The van der Waals surface area contributed by atoms with E-state index in [9.17, 15) is 10.2 Å². The molecule has 7 heteroatoms. The summed E-state index contributed by atoms with van der Waals surface area (Å²) in [6, 6.07) is 48.9. The van der Waals surface area contributed by atoms with Gasteiger partial charge in [0.2, 0.25) is 0 Å². The normalized spacial score (nSPS) is 18.1. The van der Waals surface area contributed by atoms with E-state index in [0.29, 0.717) is 46.7 Å². The first-order valence-electron chi connectivity index (χ1n) is 23.1. The number of ether oxygens (including phenoxy) is 2. The van der Waals surface area contributed by atoms with Crippen LogP contribution in [-0.4, -0.2) is 20.7 Å². The van der Waals surface area contributed by atoms with Crippen LogP contribution in [0, 0.1) is 13.8 Å². The summed E-state index contributed by atoms with van der Waals surface area (Å²) in [5.74, 6) is 3.78. The third kappa shape index (κ3) is 15.2. The van der Waals surface area contributed by atoms with Gasteiger partial charge in [-0.1, -0.05) is 12.1 Å². The first-order chi connectivity index (χ1) is 31.2. The quantitative estimate of drug-likeness (QED) is 0.134. The average molecular weight is 987 g/mol. The molecule has 0 bridgehead atoms. The van der Waals surface area contributed by atoms with Crippen LogP contribution >= 0.6 is 14.2 Å². The molecular formula is C58H70O4S2Zr-2. The van der Waals surface area contributed by atoms with Crippen molar-refractivity contribution in [1.29, 1.82) is 0 Å². The van der Waals surface area contributed by atoms with Crippen LogP contribution in [0.3, 0.4) is 0 Å². The Hall–Kier alpha value is -4.16. The predicted octanol–water partition coefficient (Wildman–Crippen LogP) is 15.8. The van der Waals surface area contributed by atoms with Crippen LogP contribution in [0.1, 0.15) is 125 Å². The third-order valence-electron chi connectivity index (χ3n) is 11.9. The number of aromatic hydroxyl groups is 2. The Labute approximate surface area is 403 Å². The molecule has 0 saturated heterocycles. The second-order valence-electron chi connectivity index (χ2n) is 19.3. The molecular weight excluding hydrogens is 916 g/mol. The number of benzene rings is 6. The molecule has 8 rings (SSSR count). The van der Waals surface area contributed by atoms with Gasteiger partial charge in [-0.25, -0.2) is 0 Å². The zero-order valence-corrected chi connectivity index (χ0v) is 43.6. The van der Waals surface area contributed by atoms with Gasteiger partial charge < -0.3 is 0 Å². The first-order valence-corrected chi connectivity index (χ1v) is 32.0. The summed E-state index contributed by atoms with van der Waals surface area (Å²) in [6.07, 6.45) is 7.88. The number of phenolic OH excluding ortho intramolecular Hbond substituents is 2. The SMILES string of the molecule is CC(C)(C)c1cc(C[S]2=[Zr]=[S@@](Cc3cc(C(C)(C)C)cc(OCc4ccccc4)c3O)C3CCCCCC[C@@H]32)c(O)c(OCc2ccccc2)c1.[CH2-]c1ccccc1.[CH2-]c1ccccc1. The third-order valence-corrected chi connectivity index (χ3v) is 33.7. The molecule has 0 spiro atoms. The van der Waals surface area contributed by atoms with Crippen molar-refractivity contribution in [3.8, 4) is 23.0 Å². The standard InChI is InChI=1S/C44H56O4S2.2C7H7.Zr/c1-43(2,3)35-23-33(41(45)37(25-35)47-27-31-17-11-9-12-18-31)29-49-39-21-15-7-8-16-22-40(39)50-30-34-24-36(44(4,5)6)26-38(42(34)46)48-28-32-19-13-10-14-20-32;2*1-7-5-3-2-4-6-7;/h9-14,17-20,23-26,39-40,45-46H,7-8,15-16,21-22,27-30H2,1-6H3;2*2-6H,1H2;/q;2*-1;/t39-,40?;;;/m0.../s1. The van der Waals surface area contributed by atoms with Crippen molar-refractivity contribution in [1.82, 2.24) is 0 Å². The molecule has 1 fully saturated rings. The van der Waals surface area contributed by atoms with Gasteiger partial charge in [0.05, 0.1) is 0 Å². The van der Waals surface area contributed by atoms with Gasteiger partial charge in [0.1, 0.15) is 0 Å². The van der Waals surface area contributed by atoms with Gasteiger partial charge in [0, 0.05) is 0 Å². The monoisotopic (exact) mass is 984 g/mol. The minimum absolute atomic E-state index is 0.0605. The molecule has 344 valence electrons. The maximum Gasteiger partial charge on any atom is -0.0866 e. The molecule has 1 heterocycles. The Kier molecular flexibility index (Phi) is 18.6. The van der Waals surface area contributed by atoms with Crippen molar-refractivity contribution in [2.45, 2.75) is 126 Å². The van der Waals surface area contributed by atoms with Crippen molar-refractivity contribution >= 4 is 14.2 Å². The van der Waals surface area contributed by atoms with Crippen LogP contribution in [0.25, 0.3) is 0 Å². The molecule has 4 atom stereocenters. The summed E-state index contributed by atoms with van der Waals surface area (Å²) in [5.41, 5.74) is 8.78. The zero-order valence-electron chi connectivity index (χ0n) is 39.5. The molecule has 4 nitrogen and oxygen atoms in total. The van der Waals surface area contributed by atoms with Gasteiger partial charge in [-0.2, -0.15) is 49.2 Å². The van der Waals surface area contributed by atoms with E-state index >= 15 is 0 Å². The van der Waals surface area contributed by atoms with Crippen LogP contribution in [0.15, 0.2) is 146 Å². The van der Waals surface area contributed by atoms with Gasteiger partial charge in [-0.05, 0) is 0 Å². The fourth-order valence-electron chi connectivity index (χ4n) is 8.00. The van der Waals surface area contributed by atoms with E-state index in [1.807, 2.05) is 97.1 Å². The summed E-state index contributed by atoms with van der Waals surface area (Å²) in [6.45, 7) is 21.8. The summed E-state index contributed by atoms with van der Waals surface area (Å²) in [5, 5.41) is 25.0. The number of rotatable bonds is 10. The molecule has 0 radical (unpaired) electrons. The molecule has 2 aliphatic rings. The van der Waals surface area contributed by atoms with Gasteiger partial charge in [-0.15, -0.1) is 24.3 Å². The summed E-state index contributed by atoms with van der Waals surface area (Å²) in [4.78, 5) is 0. The van der Waals surface area contributed by atoms with E-state index in [4.69, 9.17) is 9.47 Å². The second-order valence-corrected chi connectivity index (χ2v) is 34.9. The maximum atomic E-state index is 11.8. The van der Waals surface area contributed by atoms with Crippen molar-refractivity contribution in [3.63, 3.8) is 0 Å². The van der Waals surface area contributed by atoms with E-state index in [0.717, 1.165) is 44.9 Å². The van der Waals surface area contributed by atoms with Crippen molar-refractivity contribution < 1.29 is 38.8 Å². The van der Waals surface area contributed by atoms with E-state index in [1.165, 1.54) is 49.7 Å². The van der Waals surface area contributed by atoms with Gasteiger partial charge in [-0.3, -0.25) is 0 Å². The minimum atomic E-state index is -0.904. The first kappa shape index (κ1) is 50.3. The molecule has 65 heavy (non-hydrogen) atoms. The Morgan fingerprint density at radius 1 is 0.508 bits per heavy atom. The molecule has 1 aliphatic carbocycles. The fourth-order valence-corrected chi connectivity index (χ4v) is 36.9. The van der Waals surface area contributed by atoms with E-state index in [2.05, 4.69) is 104 Å². The molecule has 0 aromatic heterocycles. The average Bonchev–Trinajstić information content (AvgIpc) is 3.58. The molecule has 0 amide bonds. The minimum Gasteiger partial charge on any atom is -0.199 e. The van der Waals surface area contributed by atoms with E-state index in [1.54, 1.807) is 0 Å². The Balaban J connectivity index is 0.000000424. The maximum absolute atomic E-state index is 11.8. The van der Waals surface area contributed by atoms with Crippen LogP contribution in [0.5, 0.6) is 23.0 Å². The van der Waals surface area contributed by atoms with Gasteiger partial charge >= 0.3 is 321 Å². The number of hydrogen-bond acceptors (Lipinski definition) is 4. The second kappa shape index (κ2) is 24.0. The van der Waals surface area contributed by atoms with E-state index in [-0.39, 0.29) is 25.1 Å². The van der Waals surface area contributed by atoms with Crippen molar-refractivity contribution in [2.75, 3.05) is 0 Å². The fraction of sp³-hybridized carbons (Fsp3) is 0.345. The summed E-state index contributed by atoms with van der Waals surface area (Å²) < 4.78 is 12.7. The summed E-state index contributed by atoms with van der Waals surface area (Å²) >= 11 is -0.904. The number of hydrogen-bond donors (Lipinski definition) is 2. The molecule has 1 aliphatic heterocycles.